The molecule has 0 aliphatic carbocycles. The van der Waals surface area contributed by atoms with Crippen LogP contribution in [0.5, 0.6) is 0 Å². The number of carbonyl (C=O) groups excluding carboxylic acids is 2. The molecule has 3 fully saturated rings. The van der Waals surface area contributed by atoms with E-state index in [0.29, 0.717) is 31.5 Å². The van der Waals surface area contributed by atoms with Gasteiger partial charge in [-0.3, -0.25) is 14.4 Å². The van der Waals surface area contributed by atoms with Crippen molar-refractivity contribution >= 4 is 50.2 Å². The van der Waals surface area contributed by atoms with Gasteiger partial charge in [-0.1, -0.05) is 65.2 Å². The fourth-order valence-electron chi connectivity index (χ4n) is 6.62. The van der Waals surface area contributed by atoms with Crippen molar-refractivity contribution in [3.05, 3.63) is 55.1 Å². The van der Waals surface area contributed by atoms with Crippen LogP contribution in [0.2, 0.25) is 0 Å². The number of carbonyl (C=O) groups is 3. The number of aliphatic hydroxyl groups excluding tert-OH is 1. The summed E-state index contributed by atoms with van der Waals surface area (Å²) in [6.07, 6.45) is 4.29. The lowest BCUT2D eigenvalue weighted by molar-refractivity contribution is -0.149. The molecule has 0 saturated carbocycles. The maximum atomic E-state index is 14.5. The number of halogens is 1. The van der Waals surface area contributed by atoms with E-state index >= 15 is 0 Å². The van der Waals surface area contributed by atoms with Gasteiger partial charge in [-0.2, -0.15) is 0 Å². The molecular formula is C29H33BrN2O6. The normalized spacial score (nSPS) is 29.6. The van der Waals surface area contributed by atoms with Crippen LogP contribution in [0, 0.1) is 11.8 Å². The Balaban J connectivity index is 1.53. The van der Waals surface area contributed by atoms with E-state index in [1.807, 2.05) is 42.5 Å². The molecular weight excluding hydrogens is 552 g/mol. The zero-order valence-electron chi connectivity index (χ0n) is 21.2. The summed E-state index contributed by atoms with van der Waals surface area (Å²) in [6.45, 7) is 4.53. The number of amides is 2. The van der Waals surface area contributed by atoms with Crippen molar-refractivity contribution in [1.29, 1.82) is 0 Å². The second kappa shape index (κ2) is 10.8. The highest BCUT2D eigenvalue weighted by molar-refractivity contribution is 9.09. The number of alkyl halides is 1. The Labute approximate surface area is 230 Å². The van der Waals surface area contributed by atoms with Gasteiger partial charge in [0.05, 0.1) is 17.9 Å². The fraction of sp³-hybridized carbons (Fsp3) is 0.483. The molecule has 38 heavy (non-hydrogen) atoms. The number of benzene rings is 2. The van der Waals surface area contributed by atoms with E-state index in [0.717, 1.165) is 23.6 Å². The molecule has 2 amide bonds. The second-order valence-electron chi connectivity index (χ2n) is 10.4. The van der Waals surface area contributed by atoms with Crippen molar-refractivity contribution in [2.75, 3.05) is 24.6 Å². The van der Waals surface area contributed by atoms with Crippen LogP contribution in [0.3, 0.4) is 0 Å². The third kappa shape index (κ3) is 4.34. The molecule has 2 aromatic carbocycles. The molecule has 2 N–H and O–H groups in total. The molecule has 3 saturated heterocycles. The van der Waals surface area contributed by atoms with Crippen molar-refractivity contribution in [3.63, 3.8) is 0 Å². The summed E-state index contributed by atoms with van der Waals surface area (Å²) in [5.74, 6) is -3.61. The maximum absolute atomic E-state index is 14.5. The minimum absolute atomic E-state index is 0.110. The number of hydrogen-bond acceptors (Lipinski definition) is 5. The Morgan fingerprint density at radius 2 is 1.89 bits per heavy atom. The Hall–Kier alpha value is -2.75. The van der Waals surface area contributed by atoms with Crippen molar-refractivity contribution < 1.29 is 29.3 Å². The molecule has 3 aliphatic heterocycles. The van der Waals surface area contributed by atoms with Gasteiger partial charge in [0.1, 0.15) is 11.6 Å². The summed E-state index contributed by atoms with van der Waals surface area (Å²) >= 11 is 3.59. The Bertz CT molecular complexity index is 1250. The summed E-state index contributed by atoms with van der Waals surface area (Å²) in [4.78, 5) is 43.6. The number of carboxylic acid groups (broad SMARTS) is 1. The van der Waals surface area contributed by atoms with E-state index in [2.05, 4.69) is 22.5 Å². The lowest BCUT2D eigenvalue weighted by Gasteiger charge is -2.37. The first-order chi connectivity index (χ1) is 18.3. The minimum atomic E-state index is -1.21. The fourth-order valence-corrected chi connectivity index (χ4v) is 7.57. The van der Waals surface area contributed by atoms with Crippen molar-refractivity contribution in [1.82, 2.24) is 4.90 Å². The number of unbranched alkanes of at least 4 members (excludes halogenated alkanes) is 3. The number of aliphatic carboxylic acids is 1. The Kier molecular flexibility index (Phi) is 7.62. The molecule has 3 aliphatic rings. The molecule has 202 valence electrons. The van der Waals surface area contributed by atoms with Crippen LogP contribution in [0.1, 0.15) is 32.1 Å². The van der Waals surface area contributed by atoms with E-state index in [1.54, 1.807) is 15.9 Å². The van der Waals surface area contributed by atoms with E-state index in [1.165, 1.54) is 0 Å². The van der Waals surface area contributed by atoms with Crippen LogP contribution in [0.4, 0.5) is 5.69 Å². The quantitative estimate of drug-likeness (QED) is 0.237. The topological polar surface area (TPSA) is 107 Å². The van der Waals surface area contributed by atoms with E-state index in [-0.39, 0.29) is 29.8 Å². The largest absolute Gasteiger partial charge is 0.481 e. The first-order valence-electron chi connectivity index (χ1n) is 13.2. The predicted molar refractivity (Wildman–Crippen MR) is 147 cm³/mol. The standard InChI is InChI=1S/C29H33BrN2O6/c1-2-13-31(20-12-11-18-9-5-6-10-19(18)16-20)27(35)25-29-17-21(30)24(38-29)22(28(36)37)23(29)26(34)32(25)14-7-3-4-8-15-33/h2,5-6,9-12,16,21-25,33H,1,3-4,7-8,13-15,17H2,(H,36,37)/t21?,22-,23+,24-,25?,29?/m1/s1. The van der Waals surface area contributed by atoms with Crippen molar-refractivity contribution in [3.8, 4) is 0 Å². The number of ether oxygens (including phenoxy) is 1. The van der Waals surface area contributed by atoms with Crippen LogP contribution in [0.15, 0.2) is 55.1 Å². The van der Waals surface area contributed by atoms with Crippen LogP contribution < -0.4 is 4.90 Å². The highest BCUT2D eigenvalue weighted by Gasteiger charge is 2.76. The van der Waals surface area contributed by atoms with E-state index in [4.69, 9.17) is 9.84 Å². The average Bonchev–Trinajstić information content (AvgIpc) is 3.50. The van der Waals surface area contributed by atoms with Crippen LogP contribution in [-0.2, 0) is 19.1 Å². The van der Waals surface area contributed by atoms with Gasteiger partial charge in [0.2, 0.25) is 5.91 Å². The van der Waals surface area contributed by atoms with Crippen LogP contribution >= 0.6 is 15.9 Å². The SMILES string of the molecule is C=CCN(C(=O)C1N(CCCCCCO)C(=O)[C@@H]2[C@@H](C(=O)O)[C@@H]3OC12CC3Br)c1ccc2ccccc2c1. The van der Waals surface area contributed by atoms with Gasteiger partial charge in [-0.15, -0.1) is 6.58 Å². The number of likely N-dealkylation sites (tertiary alicyclic amines) is 1. The summed E-state index contributed by atoms with van der Waals surface area (Å²) in [7, 11) is 0. The molecule has 1 spiro atoms. The monoisotopic (exact) mass is 584 g/mol. The van der Waals surface area contributed by atoms with Gasteiger partial charge >= 0.3 is 5.97 Å². The molecule has 9 heteroatoms. The Morgan fingerprint density at radius 1 is 1.16 bits per heavy atom. The first kappa shape index (κ1) is 26.8. The molecule has 0 radical (unpaired) electrons. The number of anilines is 1. The number of carboxylic acids is 1. The third-order valence-corrected chi connectivity index (χ3v) is 9.08. The molecule has 5 rings (SSSR count). The highest BCUT2D eigenvalue weighted by atomic mass is 79.9. The smallest absolute Gasteiger partial charge is 0.310 e. The first-order valence-corrected chi connectivity index (χ1v) is 14.1. The minimum Gasteiger partial charge on any atom is -0.481 e. The number of hydrogen-bond donors (Lipinski definition) is 2. The molecule has 2 aromatic rings. The second-order valence-corrected chi connectivity index (χ2v) is 11.6. The summed E-state index contributed by atoms with van der Waals surface area (Å²) < 4.78 is 6.39. The lowest BCUT2D eigenvalue weighted by Crippen LogP contribution is -2.57. The van der Waals surface area contributed by atoms with Gasteiger partial charge in [-0.05, 0) is 42.2 Å². The zero-order chi connectivity index (χ0) is 27.0. The highest BCUT2D eigenvalue weighted by Crippen LogP contribution is 2.60. The van der Waals surface area contributed by atoms with Crippen LogP contribution in [-0.4, -0.2) is 75.2 Å². The van der Waals surface area contributed by atoms with Gasteiger partial charge in [-0.25, -0.2) is 0 Å². The van der Waals surface area contributed by atoms with Crippen molar-refractivity contribution in [2.45, 2.75) is 54.7 Å². The van der Waals surface area contributed by atoms with E-state index in [9.17, 15) is 19.5 Å². The third-order valence-electron chi connectivity index (χ3n) is 8.24. The molecule has 3 unspecified atom stereocenters. The van der Waals surface area contributed by atoms with Gasteiger partial charge in [0, 0.05) is 30.2 Å². The predicted octanol–water partition coefficient (Wildman–Crippen LogP) is 3.74. The molecule has 2 bridgehead atoms. The molecule has 8 nitrogen and oxygen atoms in total. The lowest BCUT2D eigenvalue weighted by atomic mass is 9.70. The number of aliphatic hydroxyl groups is 1. The molecule has 0 aromatic heterocycles. The summed E-state index contributed by atoms with van der Waals surface area (Å²) in [5, 5.41) is 21.2. The van der Waals surface area contributed by atoms with Gasteiger partial charge in [0.15, 0.2) is 0 Å². The average molecular weight is 585 g/mol. The van der Waals surface area contributed by atoms with E-state index < -0.39 is 35.6 Å². The van der Waals surface area contributed by atoms with Gasteiger partial charge in [0.25, 0.3) is 5.91 Å². The summed E-state index contributed by atoms with van der Waals surface area (Å²) in [6, 6.07) is 12.7. The molecule has 3 heterocycles. The molecule has 6 atom stereocenters. The number of rotatable bonds is 11. The number of nitrogens with zero attached hydrogens (tertiary/aromatic N) is 2. The summed E-state index contributed by atoms with van der Waals surface area (Å²) in [5.41, 5.74) is -0.529. The number of fused-ring (bicyclic) bond motifs is 2. The van der Waals surface area contributed by atoms with Gasteiger partial charge < -0.3 is 24.7 Å². The zero-order valence-corrected chi connectivity index (χ0v) is 22.8. The van der Waals surface area contributed by atoms with Crippen molar-refractivity contribution in [2.24, 2.45) is 11.8 Å². The van der Waals surface area contributed by atoms with Crippen LogP contribution in [0.25, 0.3) is 10.8 Å². The maximum Gasteiger partial charge on any atom is 0.310 e. The Morgan fingerprint density at radius 3 is 2.61 bits per heavy atom.